The molecule has 0 spiro atoms. The van der Waals surface area contributed by atoms with Crippen LogP contribution in [0, 0.1) is 19.8 Å². The van der Waals surface area contributed by atoms with Crippen molar-refractivity contribution in [3.63, 3.8) is 0 Å². The van der Waals surface area contributed by atoms with Gasteiger partial charge in [-0.3, -0.25) is 9.59 Å². The number of aryl methyl sites for hydroxylation is 2. The van der Waals surface area contributed by atoms with Gasteiger partial charge in [0.2, 0.25) is 11.8 Å². The second kappa shape index (κ2) is 9.94. The van der Waals surface area contributed by atoms with E-state index in [2.05, 4.69) is 10.6 Å². The lowest BCUT2D eigenvalue weighted by atomic mass is 9.95. The van der Waals surface area contributed by atoms with Crippen LogP contribution in [0.15, 0.2) is 48.5 Å². The van der Waals surface area contributed by atoms with Gasteiger partial charge in [0.15, 0.2) is 0 Å². The number of halogens is 1. The van der Waals surface area contributed by atoms with E-state index in [1.54, 1.807) is 6.92 Å². The van der Waals surface area contributed by atoms with Gasteiger partial charge in [-0.25, -0.2) is 0 Å². The molecule has 0 aliphatic carbocycles. The quantitative estimate of drug-likeness (QED) is 0.725. The Bertz CT molecular complexity index is 730. The van der Waals surface area contributed by atoms with E-state index in [0.29, 0.717) is 0 Å². The van der Waals surface area contributed by atoms with E-state index in [1.807, 2.05) is 62.4 Å². The van der Waals surface area contributed by atoms with Crippen LogP contribution < -0.4 is 16.4 Å². The zero-order valence-electron chi connectivity index (χ0n) is 15.3. The fraction of sp³-hybridized carbons (Fsp3) is 0.300. The zero-order chi connectivity index (χ0) is 18.4. The SMILES string of the molecule is Cc1cccc(C)c1NC(=O)CNC(=O)C(C)C(N)c1ccccc1.Cl. The Labute approximate surface area is 160 Å². The number of para-hydroxylation sites is 1. The third-order valence-corrected chi connectivity index (χ3v) is 4.31. The topological polar surface area (TPSA) is 84.2 Å². The van der Waals surface area contributed by atoms with E-state index in [-0.39, 0.29) is 30.8 Å². The Morgan fingerprint density at radius 1 is 1.00 bits per heavy atom. The van der Waals surface area contributed by atoms with E-state index in [0.717, 1.165) is 22.4 Å². The van der Waals surface area contributed by atoms with E-state index in [4.69, 9.17) is 5.73 Å². The lowest BCUT2D eigenvalue weighted by molar-refractivity contribution is -0.127. The van der Waals surface area contributed by atoms with Crippen LogP contribution in [0.4, 0.5) is 5.69 Å². The van der Waals surface area contributed by atoms with Crippen molar-refractivity contribution >= 4 is 29.9 Å². The first-order chi connectivity index (χ1) is 11.9. The molecule has 0 saturated carbocycles. The Morgan fingerprint density at radius 3 is 2.15 bits per heavy atom. The summed E-state index contributed by atoms with van der Waals surface area (Å²) in [5.41, 5.74) is 9.80. The number of amides is 2. The molecule has 0 radical (unpaired) electrons. The van der Waals surface area contributed by atoms with Crippen molar-refractivity contribution < 1.29 is 9.59 Å². The summed E-state index contributed by atoms with van der Waals surface area (Å²) in [4.78, 5) is 24.4. The first kappa shape index (κ1) is 21.7. The average Bonchev–Trinajstić information content (AvgIpc) is 2.62. The number of nitrogens with two attached hydrogens (primary N) is 1. The molecule has 0 fully saturated rings. The molecule has 4 N–H and O–H groups in total. The van der Waals surface area contributed by atoms with Crippen LogP contribution in [-0.4, -0.2) is 18.4 Å². The van der Waals surface area contributed by atoms with Crippen molar-refractivity contribution in [2.75, 3.05) is 11.9 Å². The first-order valence-corrected chi connectivity index (χ1v) is 8.34. The van der Waals surface area contributed by atoms with Crippen molar-refractivity contribution in [1.29, 1.82) is 0 Å². The first-order valence-electron chi connectivity index (χ1n) is 8.34. The molecule has 2 atom stereocenters. The number of rotatable bonds is 6. The Hall–Kier alpha value is -2.37. The van der Waals surface area contributed by atoms with Gasteiger partial charge in [-0.05, 0) is 30.5 Å². The molecule has 0 aromatic heterocycles. The predicted octanol–water partition coefficient (Wildman–Crippen LogP) is 3.12. The van der Waals surface area contributed by atoms with Gasteiger partial charge < -0.3 is 16.4 Å². The van der Waals surface area contributed by atoms with Crippen LogP contribution in [0.25, 0.3) is 0 Å². The smallest absolute Gasteiger partial charge is 0.243 e. The summed E-state index contributed by atoms with van der Waals surface area (Å²) in [6, 6.07) is 14.8. The summed E-state index contributed by atoms with van der Waals surface area (Å²) < 4.78 is 0. The largest absolute Gasteiger partial charge is 0.347 e. The summed E-state index contributed by atoms with van der Waals surface area (Å²) in [6.07, 6.45) is 0. The highest BCUT2D eigenvalue weighted by Gasteiger charge is 2.22. The predicted molar refractivity (Wildman–Crippen MR) is 107 cm³/mol. The van der Waals surface area contributed by atoms with Crippen LogP contribution in [0.5, 0.6) is 0 Å². The van der Waals surface area contributed by atoms with Gasteiger partial charge >= 0.3 is 0 Å². The Kier molecular flexibility index (Phi) is 8.29. The molecule has 0 bridgehead atoms. The minimum absolute atomic E-state index is 0. The highest BCUT2D eigenvalue weighted by molar-refractivity contribution is 5.96. The van der Waals surface area contributed by atoms with Crippen molar-refractivity contribution in [3.8, 4) is 0 Å². The minimum Gasteiger partial charge on any atom is -0.347 e. The normalized spacial score (nSPS) is 12.5. The fourth-order valence-electron chi connectivity index (χ4n) is 2.65. The van der Waals surface area contributed by atoms with Crippen molar-refractivity contribution in [3.05, 3.63) is 65.2 Å². The summed E-state index contributed by atoms with van der Waals surface area (Å²) in [7, 11) is 0. The summed E-state index contributed by atoms with van der Waals surface area (Å²) in [5, 5.41) is 5.51. The molecule has 2 rings (SSSR count). The lowest BCUT2D eigenvalue weighted by Crippen LogP contribution is -2.39. The van der Waals surface area contributed by atoms with E-state index in [9.17, 15) is 9.59 Å². The highest BCUT2D eigenvalue weighted by atomic mass is 35.5. The monoisotopic (exact) mass is 375 g/mol. The summed E-state index contributed by atoms with van der Waals surface area (Å²) >= 11 is 0. The van der Waals surface area contributed by atoms with Crippen molar-refractivity contribution in [2.45, 2.75) is 26.8 Å². The van der Waals surface area contributed by atoms with Gasteiger partial charge in [0, 0.05) is 11.7 Å². The second-order valence-electron chi connectivity index (χ2n) is 6.26. The fourth-order valence-corrected chi connectivity index (χ4v) is 2.65. The van der Waals surface area contributed by atoms with Gasteiger partial charge in [-0.15, -0.1) is 12.4 Å². The summed E-state index contributed by atoms with van der Waals surface area (Å²) in [6.45, 7) is 5.54. The van der Waals surface area contributed by atoms with Gasteiger partial charge in [-0.1, -0.05) is 55.5 Å². The van der Waals surface area contributed by atoms with E-state index >= 15 is 0 Å². The van der Waals surface area contributed by atoms with Crippen LogP contribution in [-0.2, 0) is 9.59 Å². The number of hydrogen-bond acceptors (Lipinski definition) is 3. The maximum atomic E-state index is 12.3. The number of nitrogens with one attached hydrogen (secondary N) is 2. The Balaban J connectivity index is 0.00000338. The molecule has 2 aromatic carbocycles. The van der Waals surface area contributed by atoms with Crippen LogP contribution in [0.3, 0.4) is 0 Å². The molecule has 26 heavy (non-hydrogen) atoms. The highest BCUT2D eigenvalue weighted by Crippen LogP contribution is 2.20. The molecular weight excluding hydrogens is 350 g/mol. The number of carbonyl (C=O) groups is 2. The van der Waals surface area contributed by atoms with Gasteiger partial charge in [0.25, 0.3) is 0 Å². The molecule has 2 amide bonds. The molecule has 6 heteroatoms. The van der Waals surface area contributed by atoms with Gasteiger partial charge in [-0.2, -0.15) is 0 Å². The molecule has 0 aliphatic rings. The second-order valence-corrected chi connectivity index (χ2v) is 6.26. The summed E-state index contributed by atoms with van der Waals surface area (Å²) in [5.74, 6) is -0.936. The number of anilines is 1. The van der Waals surface area contributed by atoms with Gasteiger partial charge in [0.05, 0.1) is 12.5 Å². The third-order valence-electron chi connectivity index (χ3n) is 4.31. The average molecular weight is 376 g/mol. The Morgan fingerprint density at radius 2 is 1.58 bits per heavy atom. The van der Waals surface area contributed by atoms with Gasteiger partial charge in [0.1, 0.15) is 0 Å². The van der Waals surface area contributed by atoms with E-state index < -0.39 is 12.0 Å². The molecule has 140 valence electrons. The zero-order valence-corrected chi connectivity index (χ0v) is 16.1. The maximum absolute atomic E-state index is 12.3. The molecule has 0 heterocycles. The number of hydrogen-bond donors (Lipinski definition) is 3. The van der Waals surface area contributed by atoms with Crippen molar-refractivity contribution in [1.82, 2.24) is 5.32 Å². The van der Waals surface area contributed by atoms with Crippen LogP contribution in [0.1, 0.15) is 29.7 Å². The minimum atomic E-state index is -0.435. The van der Waals surface area contributed by atoms with Crippen molar-refractivity contribution in [2.24, 2.45) is 11.7 Å². The molecule has 0 saturated heterocycles. The third kappa shape index (κ3) is 5.58. The molecule has 2 unspecified atom stereocenters. The maximum Gasteiger partial charge on any atom is 0.243 e. The molecule has 2 aromatic rings. The molecular formula is C20H26ClN3O2. The molecule has 0 aliphatic heterocycles. The van der Waals surface area contributed by atoms with E-state index in [1.165, 1.54) is 0 Å². The standard InChI is InChI=1S/C20H25N3O2.ClH/c1-13-8-7-9-14(2)19(13)23-17(24)12-22-20(25)15(3)18(21)16-10-5-4-6-11-16;/h4-11,15,18H,12,21H2,1-3H3,(H,22,25)(H,23,24);1H. The lowest BCUT2D eigenvalue weighted by Gasteiger charge is -2.20. The van der Waals surface area contributed by atoms with Crippen LogP contribution in [0.2, 0.25) is 0 Å². The number of carbonyl (C=O) groups excluding carboxylic acids is 2. The van der Waals surface area contributed by atoms with Crippen LogP contribution >= 0.6 is 12.4 Å². The number of benzene rings is 2. The molecule has 5 nitrogen and oxygen atoms in total.